The lowest BCUT2D eigenvalue weighted by Gasteiger charge is -2.39. The van der Waals surface area contributed by atoms with Crippen molar-refractivity contribution in [3.63, 3.8) is 0 Å². The van der Waals surface area contributed by atoms with Gasteiger partial charge in [-0.2, -0.15) is 10.4 Å². The van der Waals surface area contributed by atoms with E-state index in [1.54, 1.807) is 30.1 Å². The first kappa shape index (κ1) is 27.8. The van der Waals surface area contributed by atoms with Crippen LogP contribution in [0.1, 0.15) is 62.5 Å². The van der Waals surface area contributed by atoms with Crippen molar-refractivity contribution in [1.82, 2.24) is 24.6 Å². The van der Waals surface area contributed by atoms with E-state index < -0.39 is 0 Å². The number of ether oxygens (including phenoxy) is 1. The van der Waals surface area contributed by atoms with Crippen LogP contribution in [0.2, 0.25) is 10.0 Å². The molecule has 0 N–H and O–H groups in total. The van der Waals surface area contributed by atoms with Gasteiger partial charge in [-0.15, -0.1) is 12.4 Å². The standard InChI is InChI=1S/C27H30Cl2N6O.ClH/c1-16-11-18(6-9-25(16)34-10-4-5-20(34)15-36-3)24-14-31-26-23(13-30)33-35(27(26)32-24)17(2)21-8-7-19(28)12-22(21)29;/h6-8,12,14,16-17,20,25H,4-5,9-11,15H2,1-3H3;1H/t16?,17?,20-,25?;/m0./s1. The van der Waals surface area contributed by atoms with Gasteiger partial charge in [-0.1, -0.05) is 42.3 Å². The van der Waals surface area contributed by atoms with Gasteiger partial charge >= 0.3 is 0 Å². The third kappa shape index (κ3) is 5.36. The lowest BCUT2D eigenvalue weighted by molar-refractivity contribution is 0.0696. The van der Waals surface area contributed by atoms with Gasteiger partial charge < -0.3 is 4.74 Å². The molecule has 1 fully saturated rings. The zero-order valence-corrected chi connectivity index (χ0v) is 23.5. The molecule has 5 rings (SSSR count). The summed E-state index contributed by atoms with van der Waals surface area (Å²) in [5.74, 6) is 0.492. The first-order valence-corrected chi connectivity index (χ1v) is 13.2. The van der Waals surface area contributed by atoms with E-state index in [0.29, 0.717) is 39.2 Å². The number of methoxy groups -OCH3 is 1. The molecule has 7 nitrogen and oxygen atoms in total. The van der Waals surface area contributed by atoms with Gasteiger partial charge in [-0.3, -0.25) is 4.90 Å². The number of allylic oxidation sites excluding steroid dienone is 1. The molecule has 0 radical (unpaired) electrons. The maximum absolute atomic E-state index is 9.68. The lowest BCUT2D eigenvalue weighted by atomic mass is 9.83. The number of likely N-dealkylation sites (tertiary alicyclic amines) is 1. The molecule has 1 aromatic carbocycles. The first-order chi connectivity index (χ1) is 17.4. The predicted molar refractivity (Wildman–Crippen MR) is 149 cm³/mol. The highest BCUT2D eigenvalue weighted by atomic mass is 35.5. The van der Waals surface area contributed by atoms with Crippen molar-refractivity contribution < 1.29 is 4.74 Å². The highest BCUT2D eigenvalue weighted by Crippen LogP contribution is 2.37. The average molecular weight is 562 g/mol. The second kappa shape index (κ2) is 11.7. The second-order valence-electron chi connectivity index (χ2n) is 9.88. The van der Waals surface area contributed by atoms with Gasteiger partial charge in [0.1, 0.15) is 11.6 Å². The molecule has 2 aromatic heterocycles. The molecule has 4 atom stereocenters. The Kier molecular flexibility index (Phi) is 8.77. The van der Waals surface area contributed by atoms with Crippen molar-refractivity contribution in [1.29, 1.82) is 5.26 Å². The fourth-order valence-electron chi connectivity index (χ4n) is 5.78. The van der Waals surface area contributed by atoms with Crippen molar-refractivity contribution in [2.45, 2.75) is 57.7 Å². The Hall–Kier alpha value is -2.21. The average Bonchev–Trinajstić information content (AvgIpc) is 3.48. The van der Waals surface area contributed by atoms with E-state index >= 15 is 0 Å². The summed E-state index contributed by atoms with van der Waals surface area (Å²) in [5.41, 5.74) is 4.22. The van der Waals surface area contributed by atoms with E-state index in [0.717, 1.165) is 37.3 Å². The lowest BCUT2D eigenvalue weighted by Crippen LogP contribution is -2.45. The van der Waals surface area contributed by atoms with Crippen molar-refractivity contribution in [2.75, 3.05) is 20.3 Å². The van der Waals surface area contributed by atoms with Gasteiger partial charge in [0.15, 0.2) is 11.3 Å². The Morgan fingerprint density at radius 2 is 2.11 bits per heavy atom. The van der Waals surface area contributed by atoms with Crippen molar-refractivity contribution in [2.24, 2.45) is 5.92 Å². The van der Waals surface area contributed by atoms with Crippen LogP contribution >= 0.6 is 35.6 Å². The molecule has 3 aromatic rings. The van der Waals surface area contributed by atoms with Crippen LogP contribution in [0.25, 0.3) is 16.7 Å². The zero-order valence-electron chi connectivity index (χ0n) is 21.2. The van der Waals surface area contributed by atoms with Gasteiger partial charge in [0.2, 0.25) is 0 Å². The van der Waals surface area contributed by atoms with Crippen LogP contribution in [0.3, 0.4) is 0 Å². The summed E-state index contributed by atoms with van der Waals surface area (Å²) < 4.78 is 7.22. The molecular formula is C27H31Cl3N6O. The number of benzene rings is 1. The quantitative estimate of drug-likeness (QED) is 0.350. The Labute approximate surface area is 233 Å². The topological polar surface area (TPSA) is 79.9 Å². The minimum absolute atomic E-state index is 0. The SMILES string of the molecule is COC[C@@H]1CCCN1C1CC=C(c2cnc3c(C#N)nn(C(C)c4ccc(Cl)cc4Cl)c3n2)CC1C.Cl. The molecule has 10 heteroatoms. The Balaban J connectivity index is 0.00000320. The van der Waals surface area contributed by atoms with Crippen LogP contribution in [-0.4, -0.2) is 57.0 Å². The Bertz CT molecular complexity index is 1350. The molecule has 3 heterocycles. The van der Waals surface area contributed by atoms with Gasteiger partial charge in [0, 0.05) is 29.2 Å². The van der Waals surface area contributed by atoms with E-state index in [9.17, 15) is 5.26 Å². The highest BCUT2D eigenvalue weighted by Gasteiger charge is 2.35. The second-order valence-corrected chi connectivity index (χ2v) is 10.7. The van der Waals surface area contributed by atoms with Gasteiger partial charge in [-0.05, 0) is 68.3 Å². The van der Waals surface area contributed by atoms with Crippen LogP contribution < -0.4 is 0 Å². The Morgan fingerprint density at radius 3 is 2.81 bits per heavy atom. The largest absolute Gasteiger partial charge is 0.383 e. The molecule has 1 aliphatic carbocycles. The molecular weight excluding hydrogens is 531 g/mol. The van der Waals surface area contributed by atoms with Crippen molar-refractivity contribution in [3.05, 3.63) is 57.5 Å². The summed E-state index contributed by atoms with van der Waals surface area (Å²) in [4.78, 5) is 12.2. The molecule has 1 saturated heterocycles. The minimum atomic E-state index is -0.250. The molecule has 0 spiro atoms. The van der Waals surface area contributed by atoms with E-state index in [2.05, 4.69) is 34.1 Å². The third-order valence-corrected chi connectivity index (χ3v) is 8.19. The summed E-state index contributed by atoms with van der Waals surface area (Å²) >= 11 is 12.6. The summed E-state index contributed by atoms with van der Waals surface area (Å²) in [6.45, 7) is 6.24. The highest BCUT2D eigenvalue weighted by molar-refractivity contribution is 6.35. The van der Waals surface area contributed by atoms with Crippen LogP contribution in [0, 0.1) is 17.2 Å². The molecule has 196 valence electrons. The van der Waals surface area contributed by atoms with Gasteiger partial charge in [0.25, 0.3) is 0 Å². The fourth-order valence-corrected chi connectivity index (χ4v) is 6.35. The molecule has 2 aliphatic rings. The molecule has 1 aliphatic heterocycles. The van der Waals surface area contributed by atoms with E-state index in [4.69, 9.17) is 32.9 Å². The number of nitriles is 1. The molecule has 0 saturated carbocycles. The summed E-state index contributed by atoms with van der Waals surface area (Å²) in [6, 6.07) is 8.32. The van der Waals surface area contributed by atoms with E-state index in [1.165, 1.54) is 18.4 Å². The third-order valence-electron chi connectivity index (χ3n) is 7.63. The molecule has 0 amide bonds. The number of hydrogen-bond acceptors (Lipinski definition) is 6. The number of aromatic nitrogens is 4. The van der Waals surface area contributed by atoms with Crippen LogP contribution in [0.5, 0.6) is 0 Å². The molecule has 37 heavy (non-hydrogen) atoms. The predicted octanol–water partition coefficient (Wildman–Crippen LogP) is 6.33. The van der Waals surface area contributed by atoms with Crippen molar-refractivity contribution in [3.8, 4) is 6.07 Å². The Morgan fingerprint density at radius 1 is 1.30 bits per heavy atom. The summed E-state index contributed by atoms with van der Waals surface area (Å²) in [5, 5.41) is 15.3. The maximum atomic E-state index is 9.68. The van der Waals surface area contributed by atoms with E-state index in [-0.39, 0.29) is 24.1 Å². The fraction of sp³-hybridized carbons (Fsp3) is 0.481. The van der Waals surface area contributed by atoms with Gasteiger partial charge in [0.05, 0.1) is 24.5 Å². The maximum Gasteiger partial charge on any atom is 0.190 e. The number of nitrogens with zero attached hydrogens (tertiary/aromatic N) is 6. The normalized spacial score (nSPS) is 22.9. The van der Waals surface area contributed by atoms with Crippen LogP contribution in [-0.2, 0) is 4.74 Å². The summed E-state index contributed by atoms with van der Waals surface area (Å²) in [7, 11) is 1.79. The smallest absolute Gasteiger partial charge is 0.190 e. The summed E-state index contributed by atoms with van der Waals surface area (Å²) in [6.07, 6.45) is 8.44. The van der Waals surface area contributed by atoms with Crippen molar-refractivity contribution >= 4 is 52.3 Å². The van der Waals surface area contributed by atoms with Crippen LogP contribution in [0.4, 0.5) is 0 Å². The van der Waals surface area contributed by atoms with Gasteiger partial charge in [-0.25, -0.2) is 14.6 Å². The van der Waals surface area contributed by atoms with Crippen LogP contribution in [0.15, 0.2) is 30.5 Å². The number of halogens is 3. The molecule has 3 unspecified atom stereocenters. The number of rotatable bonds is 6. The number of fused-ring (bicyclic) bond motifs is 1. The van der Waals surface area contributed by atoms with E-state index in [1.807, 2.05) is 13.0 Å². The number of hydrogen-bond donors (Lipinski definition) is 0. The monoisotopic (exact) mass is 560 g/mol. The molecule has 0 bridgehead atoms. The minimum Gasteiger partial charge on any atom is -0.383 e. The first-order valence-electron chi connectivity index (χ1n) is 12.5. The zero-order chi connectivity index (χ0) is 25.4.